The first-order chi connectivity index (χ1) is 23.3. The molecule has 9 nitrogen and oxygen atoms in total. The Balaban J connectivity index is -0.000000565. The third-order valence-electron chi connectivity index (χ3n) is 9.12. The average molecular weight is 708 g/mol. The highest BCUT2D eigenvalue weighted by atomic mass is 19.1. The molecule has 1 fully saturated rings. The largest absolute Gasteiger partial charge is 0.359 e. The molecule has 1 aromatic rings. The molecule has 288 valence electrons. The maximum Gasteiger partial charge on any atom is 0.227 e. The number of ketones is 5. The lowest BCUT2D eigenvalue weighted by molar-refractivity contribution is -0.137. The Morgan fingerprint density at radius 3 is 1.70 bits per heavy atom. The van der Waals surface area contributed by atoms with Gasteiger partial charge < -0.3 is 21.2 Å². The molecule has 0 heterocycles. The quantitative estimate of drug-likeness (QED) is 0.173. The van der Waals surface area contributed by atoms with Crippen LogP contribution in [-0.2, 0) is 28.8 Å². The number of benzene rings is 1. The first kappa shape index (κ1) is 51.3. The predicted octanol–water partition coefficient (Wildman–Crippen LogP) is 7.13. The second kappa shape index (κ2) is 29.6. The number of Topliss-reactive ketones (excluding diaryl/α,β-unsaturated/α-hetero) is 5. The van der Waals surface area contributed by atoms with Crippen LogP contribution in [0, 0.1) is 17.8 Å². The molecule has 0 radical (unpaired) electrons. The second-order valence-corrected chi connectivity index (χ2v) is 13.5. The number of halogens is 1. The summed E-state index contributed by atoms with van der Waals surface area (Å²) in [5, 5.41) is 5.89. The van der Waals surface area contributed by atoms with Crippen LogP contribution in [0.15, 0.2) is 30.3 Å². The molecule has 1 aromatic carbocycles. The topological polar surface area (TPSA) is 152 Å². The van der Waals surface area contributed by atoms with E-state index < -0.39 is 6.17 Å². The Hall–Kier alpha value is -3.11. The van der Waals surface area contributed by atoms with Crippen LogP contribution < -0.4 is 16.4 Å². The zero-order valence-corrected chi connectivity index (χ0v) is 33.2. The lowest BCUT2D eigenvalue weighted by Crippen LogP contribution is -2.41. The minimum atomic E-state index is -1.18. The summed E-state index contributed by atoms with van der Waals surface area (Å²) in [7, 11) is 3.61. The van der Waals surface area contributed by atoms with Gasteiger partial charge in [0.15, 0.2) is 17.7 Å². The molecule has 1 saturated carbocycles. The smallest absolute Gasteiger partial charge is 0.227 e. The number of amides is 1. The molecule has 10 heteroatoms. The van der Waals surface area contributed by atoms with Crippen LogP contribution in [0.25, 0.3) is 0 Å². The monoisotopic (exact) mass is 708 g/mol. The normalized spacial score (nSPS) is 15.7. The fourth-order valence-corrected chi connectivity index (χ4v) is 4.84. The van der Waals surface area contributed by atoms with Crippen molar-refractivity contribution >= 4 is 34.8 Å². The number of likely N-dealkylation sites (N-methyl/N-ethyl adjacent to an activating group) is 1. The molecule has 2 rings (SSSR count). The summed E-state index contributed by atoms with van der Waals surface area (Å²) in [4.78, 5) is 64.0. The van der Waals surface area contributed by atoms with E-state index in [0.717, 1.165) is 44.1 Å². The average Bonchev–Trinajstić information content (AvgIpc) is 3.11. The van der Waals surface area contributed by atoms with E-state index in [-0.39, 0.29) is 64.0 Å². The fourth-order valence-electron chi connectivity index (χ4n) is 4.84. The molecule has 1 amide bonds. The Bertz CT molecular complexity index is 1120. The van der Waals surface area contributed by atoms with Gasteiger partial charge in [0.2, 0.25) is 11.7 Å². The molecule has 5 unspecified atom stereocenters. The van der Waals surface area contributed by atoms with Gasteiger partial charge in [-0.05, 0) is 91.8 Å². The van der Waals surface area contributed by atoms with E-state index in [1.165, 1.54) is 20.3 Å². The number of nitrogens with two attached hydrogens (primary N) is 1. The summed E-state index contributed by atoms with van der Waals surface area (Å²) in [6, 6.07) is 9.74. The molecule has 50 heavy (non-hydrogen) atoms. The molecule has 5 atom stereocenters. The van der Waals surface area contributed by atoms with Gasteiger partial charge in [0.1, 0.15) is 11.6 Å². The molecular formula is C40H70FN3O6. The number of carbonyl (C=O) groups excluding carboxylic acids is 6. The number of carbonyl (C=O) groups is 6. The summed E-state index contributed by atoms with van der Waals surface area (Å²) in [5.41, 5.74) is 6.37. The number of hydrogen-bond donors (Lipinski definition) is 3. The van der Waals surface area contributed by atoms with Crippen molar-refractivity contribution in [3.05, 3.63) is 35.9 Å². The number of nitrogens with one attached hydrogen (secondary N) is 2. The number of hydrogen-bond acceptors (Lipinski definition) is 8. The highest BCUT2D eigenvalue weighted by Crippen LogP contribution is 2.28. The van der Waals surface area contributed by atoms with Gasteiger partial charge >= 0.3 is 0 Å². The van der Waals surface area contributed by atoms with E-state index in [2.05, 4.69) is 24.5 Å². The van der Waals surface area contributed by atoms with Crippen molar-refractivity contribution in [3.63, 3.8) is 0 Å². The van der Waals surface area contributed by atoms with Crippen LogP contribution in [0.1, 0.15) is 139 Å². The van der Waals surface area contributed by atoms with Gasteiger partial charge in [0.05, 0.1) is 5.92 Å². The summed E-state index contributed by atoms with van der Waals surface area (Å²) in [6.07, 6.45) is 7.27. The van der Waals surface area contributed by atoms with Crippen molar-refractivity contribution in [3.8, 4) is 0 Å². The van der Waals surface area contributed by atoms with Crippen molar-refractivity contribution in [2.75, 3.05) is 20.6 Å². The first-order valence-corrected chi connectivity index (χ1v) is 18.1. The third kappa shape index (κ3) is 24.9. The second-order valence-electron chi connectivity index (χ2n) is 13.5. The van der Waals surface area contributed by atoms with E-state index >= 15 is 0 Å². The standard InChI is InChI=1S/C10H13NO.C10H21NO.C9H15FO.C7H13NO2.C4H8O/c1-8(10(12)11-2)9-6-4-3-5-7-9;1-6-10(4,11-5)7-8(2)9(3)12;1-7(11)9(10)8-5-3-2-4-6-8;1-5(3-4-8)7(10)6(2)9;1-3-4(2)5/h3-8H,1-2H3,(H,11,12);8,11H,6-7H2,1-5H3;8-9H,2-6H2,1H3;5H,3-4,8H2,1-2H3;3H2,1-2H3. The van der Waals surface area contributed by atoms with Crippen LogP contribution in [0.3, 0.4) is 0 Å². The summed E-state index contributed by atoms with van der Waals surface area (Å²) in [6.45, 7) is 18.1. The van der Waals surface area contributed by atoms with E-state index in [0.29, 0.717) is 19.4 Å². The lowest BCUT2D eigenvalue weighted by Gasteiger charge is -2.30. The molecule has 0 bridgehead atoms. The van der Waals surface area contributed by atoms with Crippen molar-refractivity contribution in [2.45, 2.75) is 145 Å². The van der Waals surface area contributed by atoms with Crippen molar-refractivity contribution in [1.29, 1.82) is 0 Å². The highest BCUT2D eigenvalue weighted by Gasteiger charge is 2.26. The van der Waals surface area contributed by atoms with Crippen molar-refractivity contribution in [2.24, 2.45) is 23.5 Å². The van der Waals surface area contributed by atoms with Gasteiger partial charge in [0.25, 0.3) is 0 Å². The predicted molar refractivity (Wildman–Crippen MR) is 203 cm³/mol. The number of rotatable bonds is 14. The molecule has 0 aromatic heterocycles. The third-order valence-corrected chi connectivity index (χ3v) is 9.12. The van der Waals surface area contributed by atoms with Gasteiger partial charge in [-0.15, -0.1) is 0 Å². The van der Waals surface area contributed by atoms with Gasteiger partial charge in [0, 0.05) is 37.8 Å². The highest BCUT2D eigenvalue weighted by molar-refractivity contribution is 6.36. The van der Waals surface area contributed by atoms with Crippen LogP contribution in [0.4, 0.5) is 4.39 Å². The van der Waals surface area contributed by atoms with Gasteiger partial charge in [-0.25, -0.2) is 4.39 Å². The molecular weight excluding hydrogens is 637 g/mol. The van der Waals surface area contributed by atoms with Crippen LogP contribution >= 0.6 is 0 Å². The Labute approximate surface area is 302 Å². The van der Waals surface area contributed by atoms with E-state index in [4.69, 9.17) is 5.73 Å². The number of alkyl halides is 1. The lowest BCUT2D eigenvalue weighted by atomic mass is 9.85. The maximum atomic E-state index is 13.1. The van der Waals surface area contributed by atoms with E-state index in [1.807, 2.05) is 58.2 Å². The molecule has 0 saturated heterocycles. The van der Waals surface area contributed by atoms with Crippen molar-refractivity contribution in [1.82, 2.24) is 10.6 Å². The Morgan fingerprint density at radius 2 is 1.36 bits per heavy atom. The van der Waals surface area contributed by atoms with Crippen LogP contribution in [0.2, 0.25) is 0 Å². The Morgan fingerprint density at radius 1 is 0.860 bits per heavy atom. The minimum Gasteiger partial charge on any atom is -0.359 e. The molecule has 4 N–H and O–H groups in total. The van der Waals surface area contributed by atoms with Crippen LogP contribution in [0.5, 0.6) is 0 Å². The van der Waals surface area contributed by atoms with E-state index in [1.54, 1.807) is 27.8 Å². The van der Waals surface area contributed by atoms with Gasteiger partial charge in [-0.1, -0.05) is 77.3 Å². The zero-order valence-electron chi connectivity index (χ0n) is 33.2. The fraction of sp³-hybridized carbons (Fsp3) is 0.700. The molecule has 1 aliphatic carbocycles. The molecule has 0 aliphatic heterocycles. The van der Waals surface area contributed by atoms with Crippen molar-refractivity contribution < 1.29 is 33.2 Å². The zero-order chi connectivity index (χ0) is 39.4. The molecule has 1 aliphatic rings. The molecule has 0 spiro atoms. The SMILES string of the molecule is CC(=O)C(=O)C(C)CCN.CC(=O)C(F)C1CCCCC1.CCC(C)(CC(C)C(C)=O)NC.CCC(C)=O.CNC(=O)C(C)c1ccccc1. The van der Waals surface area contributed by atoms with Gasteiger partial charge in [-0.3, -0.25) is 24.0 Å². The van der Waals surface area contributed by atoms with E-state index in [9.17, 15) is 33.2 Å². The van der Waals surface area contributed by atoms with Gasteiger partial charge in [-0.2, -0.15) is 0 Å². The summed E-state index contributed by atoms with van der Waals surface area (Å²) >= 11 is 0. The first-order valence-electron chi connectivity index (χ1n) is 18.1. The Kier molecular flexibility index (Phi) is 30.4. The maximum absolute atomic E-state index is 13.1. The van der Waals surface area contributed by atoms with Crippen LogP contribution in [-0.4, -0.2) is 67.2 Å². The summed E-state index contributed by atoms with van der Waals surface area (Å²) in [5.74, 6) is -0.457. The summed E-state index contributed by atoms with van der Waals surface area (Å²) < 4.78 is 13.1. The minimum absolute atomic E-state index is 0.0289.